The van der Waals surface area contributed by atoms with Crippen molar-refractivity contribution < 1.29 is 9.47 Å². The largest absolute Gasteiger partial charge is 0.479 e. The molecule has 0 bridgehead atoms. The molecule has 0 fully saturated rings. The maximum Gasteiger partial charge on any atom is 0.183 e. The first kappa shape index (κ1) is 10.5. The summed E-state index contributed by atoms with van der Waals surface area (Å²) >= 11 is 0. The van der Waals surface area contributed by atoms with Crippen LogP contribution >= 0.6 is 0 Å². The van der Waals surface area contributed by atoms with E-state index in [-0.39, 0.29) is 0 Å². The van der Waals surface area contributed by atoms with Crippen LogP contribution in [0.1, 0.15) is 32.6 Å². The number of ether oxygens (including phenoxy) is 2. The molecule has 4 heteroatoms. The van der Waals surface area contributed by atoms with Crippen molar-refractivity contribution in [1.82, 2.24) is 0 Å². The molecule has 0 N–H and O–H groups in total. The topological polar surface area (TPSA) is 43.2 Å². The number of unbranched alkanes of at least 4 members (excludes halogenated alkanes) is 1. The van der Waals surface area contributed by atoms with Gasteiger partial charge in [0.15, 0.2) is 11.8 Å². The molecule has 2 heterocycles. The van der Waals surface area contributed by atoms with Crippen molar-refractivity contribution in [2.75, 3.05) is 19.8 Å². The maximum atomic E-state index is 5.43. The zero-order valence-corrected chi connectivity index (χ0v) is 9.24. The lowest BCUT2D eigenvalue weighted by atomic mass is 10.2. The molecule has 0 saturated heterocycles. The minimum Gasteiger partial charge on any atom is -0.479 e. The number of rotatable bonds is 5. The second-order valence-corrected chi connectivity index (χ2v) is 4.01. The van der Waals surface area contributed by atoms with E-state index in [9.17, 15) is 0 Å². The maximum absolute atomic E-state index is 5.43. The van der Waals surface area contributed by atoms with Gasteiger partial charge in [0, 0.05) is 12.8 Å². The predicted molar refractivity (Wildman–Crippen MR) is 59.6 cm³/mol. The Balaban J connectivity index is 1.57. The molecular weight excluding hydrogens is 192 g/mol. The van der Waals surface area contributed by atoms with Gasteiger partial charge < -0.3 is 9.47 Å². The summed E-state index contributed by atoms with van der Waals surface area (Å²) < 4.78 is 10.8. The van der Waals surface area contributed by atoms with Crippen molar-refractivity contribution in [3.8, 4) is 0 Å². The molecule has 0 aromatic carbocycles. The van der Waals surface area contributed by atoms with Gasteiger partial charge in [0.05, 0.1) is 12.6 Å². The zero-order chi connectivity index (χ0) is 10.5. The SMILES string of the molecule is CC1COC(CCCCC2=NCCO2)=N1. The highest BCUT2D eigenvalue weighted by Gasteiger charge is 2.13. The van der Waals surface area contributed by atoms with Crippen molar-refractivity contribution >= 4 is 11.8 Å². The van der Waals surface area contributed by atoms with Crippen LogP contribution in [0.2, 0.25) is 0 Å². The molecule has 84 valence electrons. The summed E-state index contributed by atoms with van der Waals surface area (Å²) in [6, 6.07) is 0.350. The Bertz CT molecular complexity index is 274. The summed E-state index contributed by atoms with van der Waals surface area (Å²) in [6.07, 6.45) is 4.13. The van der Waals surface area contributed by atoms with Crippen molar-refractivity contribution in [2.24, 2.45) is 9.98 Å². The summed E-state index contributed by atoms with van der Waals surface area (Å²) in [6.45, 7) is 4.44. The lowest BCUT2D eigenvalue weighted by molar-refractivity contribution is 0.314. The summed E-state index contributed by atoms with van der Waals surface area (Å²) in [4.78, 5) is 8.64. The average molecular weight is 210 g/mol. The molecule has 0 aromatic rings. The third-order valence-corrected chi connectivity index (χ3v) is 2.53. The first-order chi connectivity index (χ1) is 7.34. The average Bonchev–Trinajstić information content (AvgIpc) is 2.84. The van der Waals surface area contributed by atoms with Gasteiger partial charge in [0.2, 0.25) is 0 Å². The number of hydrogen-bond acceptors (Lipinski definition) is 4. The molecular formula is C11H18N2O2. The molecule has 0 aromatic heterocycles. The number of hydrogen-bond donors (Lipinski definition) is 0. The summed E-state index contributed by atoms with van der Waals surface area (Å²) in [5, 5.41) is 0. The van der Waals surface area contributed by atoms with Crippen LogP contribution in [0.5, 0.6) is 0 Å². The van der Waals surface area contributed by atoms with Crippen molar-refractivity contribution in [3.63, 3.8) is 0 Å². The molecule has 1 unspecified atom stereocenters. The van der Waals surface area contributed by atoms with Gasteiger partial charge in [-0.1, -0.05) is 0 Å². The fourth-order valence-corrected chi connectivity index (χ4v) is 1.76. The van der Waals surface area contributed by atoms with Crippen molar-refractivity contribution in [1.29, 1.82) is 0 Å². The van der Waals surface area contributed by atoms with E-state index in [4.69, 9.17) is 9.47 Å². The first-order valence-corrected chi connectivity index (χ1v) is 5.70. The van der Waals surface area contributed by atoms with E-state index in [0.717, 1.165) is 57.2 Å². The van der Waals surface area contributed by atoms with Gasteiger partial charge in [-0.25, -0.2) is 4.99 Å². The van der Waals surface area contributed by atoms with Crippen LogP contribution in [-0.4, -0.2) is 37.6 Å². The smallest absolute Gasteiger partial charge is 0.183 e. The first-order valence-electron chi connectivity index (χ1n) is 5.70. The molecule has 2 aliphatic rings. The quantitative estimate of drug-likeness (QED) is 0.649. The highest BCUT2D eigenvalue weighted by Crippen LogP contribution is 2.11. The van der Waals surface area contributed by atoms with E-state index in [1.54, 1.807) is 0 Å². The molecule has 0 aliphatic carbocycles. The highest BCUT2D eigenvalue weighted by molar-refractivity contribution is 5.78. The minimum absolute atomic E-state index is 0.350. The standard InChI is InChI=1S/C11H18N2O2/c1-9-8-15-11(13-9)5-3-2-4-10-12-6-7-14-10/h9H,2-8H2,1H3. The van der Waals surface area contributed by atoms with Crippen LogP contribution in [0, 0.1) is 0 Å². The fourth-order valence-electron chi connectivity index (χ4n) is 1.76. The van der Waals surface area contributed by atoms with Crippen molar-refractivity contribution in [2.45, 2.75) is 38.6 Å². The Morgan fingerprint density at radius 3 is 2.60 bits per heavy atom. The third kappa shape index (κ3) is 3.22. The molecule has 0 radical (unpaired) electrons. The molecule has 2 aliphatic heterocycles. The summed E-state index contributed by atoms with van der Waals surface area (Å²) in [5.74, 6) is 1.86. The van der Waals surface area contributed by atoms with Gasteiger partial charge in [-0.15, -0.1) is 0 Å². The van der Waals surface area contributed by atoms with Crippen LogP contribution in [0.15, 0.2) is 9.98 Å². The van der Waals surface area contributed by atoms with Gasteiger partial charge in [-0.3, -0.25) is 4.99 Å². The van der Waals surface area contributed by atoms with E-state index < -0.39 is 0 Å². The van der Waals surface area contributed by atoms with Gasteiger partial charge in [0.1, 0.15) is 13.2 Å². The van der Waals surface area contributed by atoms with Crippen LogP contribution in [-0.2, 0) is 9.47 Å². The Morgan fingerprint density at radius 1 is 1.20 bits per heavy atom. The Labute approximate surface area is 90.4 Å². The molecule has 2 rings (SSSR count). The van der Waals surface area contributed by atoms with Gasteiger partial charge in [0.25, 0.3) is 0 Å². The minimum atomic E-state index is 0.350. The Morgan fingerprint density at radius 2 is 2.00 bits per heavy atom. The van der Waals surface area contributed by atoms with Crippen LogP contribution in [0.25, 0.3) is 0 Å². The van der Waals surface area contributed by atoms with Gasteiger partial charge in [-0.2, -0.15) is 0 Å². The van der Waals surface area contributed by atoms with E-state index in [1.165, 1.54) is 0 Å². The lowest BCUT2D eigenvalue weighted by Gasteiger charge is -2.02. The van der Waals surface area contributed by atoms with E-state index >= 15 is 0 Å². The number of aliphatic imine (C=N–C) groups is 2. The second-order valence-electron chi connectivity index (χ2n) is 4.01. The van der Waals surface area contributed by atoms with Crippen LogP contribution in [0.3, 0.4) is 0 Å². The lowest BCUT2D eigenvalue weighted by Crippen LogP contribution is -2.02. The van der Waals surface area contributed by atoms with Gasteiger partial charge in [-0.05, 0) is 19.8 Å². The zero-order valence-electron chi connectivity index (χ0n) is 9.24. The normalized spacial score (nSPS) is 24.5. The van der Waals surface area contributed by atoms with Crippen molar-refractivity contribution in [3.05, 3.63) is 0 Å². The molecule has 0 spiro atoms. The van der Waals surface area contributed by atoms with E-state index in [1.807, 2.05) is 0 Å². The third-order valence-electron chi connectivity index (χ3n) is 2.53. The van der Waals surface area contributed by atoms with Crippen LogP contribution < -0.4 is 0 Å². The van der Waals surface area contributed by atoms with E-state index in [0.29, 0.717) is 6.04 Å². The summed E-state index contributed by atoms with van der Waals surface area (Å²) in [7, 11) is 0. The summed E-state index contributed by atoms with van der Waals surface area (Å²) in [5.41, 5.74) is 0. The monoisotopic (exact) mass is 210 g/mol. The number of nitrogens with zero attached hydrogens (tertiary/aromatic N) is 2. The molecule has 1 atom stereocenters. The molecule has 0 amide bonds. The van der Waals surface area contributed by atoms with Gasteiger partial charge >= 0.3 is 0 Å². The second kappa shape index (κ2) is 5.14. The molecule has 15 heavy (non-hydrogen) atoms. The Hall–Kier alpha value is -1.06. The van der Waals surface area contributed by atoms with E-state index in [2.05, 4.69) is 16.9 Å². The van der Waals surface area contributed by atoms with Crippen LogP contribution in [0.4, 0.5) is 0 Å². The fraction of sp³-hybridized carbons (Fsp3) is 0.818. The molecule has 4 nitrogen and oxygen atoms in total. The molecule has 0 saturated carbocycles. The highest BCUT2D eigenvalue weighted by atomic mass is 16.5. The predicted octanol–water partition coefficient (Wildman–Crippen LogP) is 1.79. The Kier molecular flexibility index (Phi) is 3.59.